The zero-order valence-corrected chi connectivity index (χ0v) is 14.3. The summed E-state index contributed by atoms with van der Waals surface area (Å²) in [5, 5.41) is 12.4. The van der Waals surface area contributed by atoms with Gasteiger partial charge < -0.3 is 10.4 Å². The Kier molecular flexibility index (Phi) is 7.50. The standard InChI is InChI=1S/C21H27NO2/c1-2-20(19-11-7-4-8-12-19)21(24)22-15-13-18(14-16-23)17-9-5-3-6-10-17/h3-12,18,20,23H,2,13-16H2,1H3,(H,22,24)/t18-,20+/m1/s1. The Morgan fingerprint density at radius 2 is 1.54 bits per heavy atom. The maximum absolute atomic E-state index is 12.5. The van der Waals surface area contributed by atoms with Crippen molar-refractivity contribution in [3.63, 3.8) is 0 Å². The molecule has 0 aliphatic heterocycles. The van der Waals surface area contributed by atoms with Crippen LogP contribution < -0.4 is 5.32 Å². The van der Waals surface area contributed by atoms with E-state index in [4.69, 9.17) is 0 Å². The van der Waals surface area contributed by atoms with Crippen molar-refractivity contribution >= 4 is 5.91 Å². The fourth-order valence-electron chi connectivity index (χ4n) is 3.11. The molecule has 0 aliphatic carbocycles. The molecule has 0 spiro atoms. The summed E-state index contributed by atoms with van der Waals surface area (Å²) >= 11 is 0. The van der Waals surface area contributed by atoms with Crippen molar-refractivity contribution < 1.29 is 9.90 Å². The van der Waals surface area contributed by atoms with Gasteiger partial charge >= 0.3 is 0 Å². The van der Waals surface area contributed by atoms with Gasteiger partial charge in [0.05, 0.1) is 5.92 Å². The number of aliphatic hydroxyl groups is 1. The lowest BCUT2D eigenvalue weighted by Gasteiger charge is -2.19. The normalized spacial score (nSPS) is 13.2. The molecule has 2 rings (SSSR count). The molecule has 128 valence electrons. The van der Waals surface area contributed by atoms with Gasteiger partial charge in [-0.05, 0) is 36.3 Å². The minimum atomic E-state index is -0.0979. The molecular weight excluding hydrogens is 298 g/mol. The molecule has 2 aromatic rings. The molecule has 3 nitrogen and oxygen atoms in total. The van der Waals surface area contributed by atoms with Crippen LogP contribution in [0.4, 0.5) is 0 Å². The van der Waals surface area contributed by atoms with Crippen molar-refractivity contribution in [3.05, 3.63) is 71.8 Å². The summed E-state index contributed by atoms with van der Waals surface area (Å²) in [5.74, 6) is 0.257. The Hall–Kier alpha value is -2.13. The van der Waals surface area contributed by atoms with Crippen LogP contribution in [0.1, 0.15) is 49.1 Å². The van der Waals surface area contributed by atoms with E-state index in [1.165, 1.54) is 5.56 Å². The van der Waals surface area contributed by atoms with Crippen LogP contribution in [0.5, 0.6) is 0 Å². The SMILES string of the molecule is CC[C@H](C(=O)NCC[C@H](CCO)c1ccccc1)c1ccccc1. The van der Waals surface area contributed by atoms with Crippen LogP contribution in [0.15, 0.2) is 60.7 Å². The molecule has 2 N–H and O–H groups in total. The summed E-state index contributed by atoms with van der Waals surface area (Å²) < 4.78 is 0. The highest BCUT2D eigenvalue weighted by Gasteiger charge is 2.18. The van der Waals surface area contributed by atoms with Gasteiger partial charge in [0.1, 0.15) is 0 Å². The zero-order valence-electron chi connectivity index (χ0n) is 14.3. The maximum atomic E-state index is 12.5. The number of rotatable bonds is 9. The fraction of sp³-hybridized carbons (Fsp3) is 0.381. The van der Waals surface area contributed by atoms with Crippen LogP contribution in [0.3, 0.4) is 0 Å². The summed E-state index contributed by atoms with van der Waals surface area (Å²) in [5.41, 5.74) is 2.28. The minimum Gasteiger partial charge on any atom is -0.396 e. The van der Waals surface area contributed by atoms with E-state index in [1.807, 2.05) is 55.5 Å². The Morgan fingerprint density at radius 1 is 0.958 bits per heavy atom. The fourth-order valence-corrected chi connectivity index (χ4v) is 3.11. The largest absolute Gasteiger partial charge is 0.396 e. The van der Waals surface area contributed by atoms with Crippen LogP contribution in [-0.2, 0) is 4.79 Å². The lowest BCUT2D eigenvalue weighted by Crippen LogP contribution is -2.30. The van der Waals surface area contributed by atoms with E-state index in [2.05, 4.69) is 17.4 Å². The first-order chi connectivity index (χ1) is 11.8. The summed E-state index contributed by atoms with van der Waals surface area (Å²) in [7, 11) is 0. The number of amides is 1. The molecule has 2 aromatic carbocycles. The molecule has 0 radical (unpaired) electrons. The minimum absolute atomic E-state index is 0.0829. The molecule has 0 heterocycles. The number of nitrogens with one attached hydrogen (secondary N) is 1. The smallest absolute Gasteiger partial charge is 0.227 e. The number of hydrogen-bond donors (Lipinski definition) is 2. The predicted molar refractivity (Wildman–Crippen MR) is 98.0 cm³/mol. The average Bonchev–Trinajstić information content (AvgIpc) is 2.63. The Bertz CT molecular complexity index is 598. The van der Waals surface area contributed by atoms with E-state index in [0.29, 0.717) is 6.54 Å². The monoisotopic (exact) mass is 325 g/mol. The van der Waals surface area contributed by atoms with Crippen molar-refractivity contribution in [2.75, 3.05) is 13.2 Å². The lowest BCUT2D eigenvalue weighted by molar-refractivity contribution is -0.122. The molecular formula is C21H27NO2. The average molecular weight is 325 g/mol. The van der Waals surface area contributed by atoms with Gasteiger partial charge in [0.25, 0.3) is 0 Å². The van der Waals surface area contributed by atoms with Crippen LogP contribution in [-0.4, -0.2) is 24.2 Å². The van der Waals surface area contributed by atoms with E-state index in [1.54, 1.807) is 0 Å². The van der Waals surface area contributed by atoms with Gasteiger partial charge in [-0.15, -0.1) is 0 Å². The Balaban J connectivity index is 1.90. The molecule has 0 saturated carbocycles. The van der Waals surface area contributed by atoms with Crippen LogP contribution in [0.2, 0.25) is 0 Å². The molecule has 0 unspecified atom stereocenters. The summed E-state index contributed by atoms with van der Waals surface area (Å²) in [6.45, 7) is 2.83. The van der Waals surface area contributed by atoms with Gasteiger partial charge in [-0.25, -0.2) is 0 Å². The van der Waals surface area contributed by atoms with Gasteiger partial charge in [0, 0.05) is 13.2 Å². The molecule has 24 heavy (non-hydrogen) atoms. The van der Waals surface area contributed by atoms with E-state index in [9.17, 15) is 9.90 Å². The second-order valence-electron chi connectivity index (χ2n) is 6.07. The highest BCUT2D eigenvalue weighted by atomic mass is 16.3. The number of benzene rings is 2. The Morgan fingerprint density at radius 3 is 2.08 bits per heavy atom. The summed E-state index contributed by atoms with van der Waals surface area (Å²) in [4.78, 5) is 12.5. The molecule has 1 amide bonds. The Labute approximate surface area is 144 Å². The second kappa shape index (κ2) is 9.89. The molecule has 2 atom stereocenters. The third kappa shape index (κ3) is 5.20. The van der Waals surface area contributed by atoms with Gasteiger partial charge in [-0.2, -0.15) is 0 Å². The quantitative estimate of drug-likeness (QED) is 0.735. The van der Waals surface area contributed by atoms with Gasteiger partial charge in [0.2, 0.25) is 5.91 Å². The summed E-state index contributed by atoms with van der Waals surface area (Å²) in [6.07, 6.45) is 2.34. The van der Waals surface area contributed by atoms with Gasteiger partial charge in [-0.3, -0.25) is 4.79 Å². The van der Waals surface area contributed by atoms with Crippen molar-refractivity contribution in [1.29, 1.82) is 0 Å². The molecule has 3 heteroatoms. The molecule has 0 bridgehead atoms. The van der Waals surface area contributed by atoms with Gasteiger partial charge in [-0.1, -0.05) is 67.6 Å². The third-order valence-electron chi connectivity index (χ3n) is 4.47. The molecule has 0 fully saturated rings. The van der Waals surface area contributed by atoms with Crippen molar-refractivity contribution in [3.8, 4) is 0 Å². The first-order valence-electron chi connectivity index (χ1n) is 8.74. The van der Waals surface area contributed by atoms with E-state index in [-0.39, 0.29) is 24.3 Å². The van der Waals surface area contributed by atoms with Gasteiger partial charge in [0.15, 0.2) is 0 Å². The van der Waals surface area contributed by atoms with Crippen molar-refractivity contribution in [1.82, 2.24) is 5.32 Å². The first kappa shape index (κ1) is 18.2. The zero-order chi connectivity index (χ0) is 17.2. The summed E-state index contributed by atoms with van der Waals surface area (Å²) in [6, 6.07) is 20.1. The van der Waals surface area contributed by atoms with Crippen LogP contribution in [0, 0.1) is 0 Å². The number of carbonyl (C=O) groups excluding carboxylic acids is 1. The molecule has 0 saturated heterocycles. The van der Waals surface area contributed by atoms with E-state index in [0.717, 1.165) is 24.8 Å². The van der Waals surface area contributed by atoms with E-state index >= 15 is 0 Å². The van der Waals surface area contributed by atoms with Crippen molar-refractivity contribution in [2.24, 2.45) is 0 Å². The number of aliphatic hydroxyl groups excluding tert-OH is 1. The highest BCUT2D eigenvalue weighted by Crippen LogP contribution is 2.23. The molecule has 0 aromatic heterocycles. The second-order valence-corrected chi connectivity index (χ2v) is 6.07. The highest BCUT2D eigenvalue weighted by molar-refractivity contribution is 5.83. The predicted octanol–water partition coefficient (Wildman–Crippen LogP) is 3.85. The first-order valence-corrected chi connectivity index (χ1v) is 8.74. The molecule has 0 aliphatic rings. The number of hydrogen-bond acceptors (Lipinski definition) is 2. The van der Waals surface area contributed by atoms with Crippen molar-refractivity contribution in [2.45, 2.75) is 38.0 Å². The third-order valence-corrected chi connectivity index (χ3v) is 4.47. The number of carbonyl (C=O) groups is 1. The van der Waals surface area contributed by atoms with Crippen LogP contribution in [0.25, 0.3) is 0 Å². The topological polar surface area (TPSA) is 49.3 Å². The van der Waals surface area contributed by atoms with E-state index < -0.39 is 0 Å². The van der Waals surface area contributed by atoms with Crippen LogP contribution >= 0.6 is 0 Å². The maximum Gasteiger partial charge on any atom is 0.227 e. The lowest BCUT2D eigenvalue weighted by atomic mass is 9.92.